The Labute approximate surface area is 105 Å². The summed E-state index contributed by atoms with van der Waals surface area (Å²) in [6.45, 7) is 4.40. The second-order valence-electron chi connectivity index (χ2n) is 3.73. The fourth-order valence-corrected chi connectivity index (χ4v) is 1.86. The topological polar surface area (TPSA) is 32.3 Å². The molecule has 1 unspecified atom stereocenters. The van der Waals surface area contributed by atoms with Gasteiger partial charge in [-0.3, -0.25) is 0 Å². The number of rotatable bonds is 5. The average molecular weight is 319 g/mol. The van der Waals surface area contributed by atoms with Crippen LogP contribution in [0, 0.1) is 3.57 Å². The Hall–Kier alpha value is -0.130. The molecular weight excluding hydrogens is 301 g/mol. The van der Waals surface area contributed by atoms with E-state index in [4.69, 9.17) is 5.11 Å². The van der Waals surface area contributed by atoms with Gasteiger partial charge in [0, 0.05) is 15.7 Å². The quantitative estimate of drug-likeness (QED) is 0.818. The van der Waals surface area contributed by atoms with E-state index in [9.17, 15) is 0 Å². The normalized spacial score (nSPS) is 14.9. The highest BCUT2D eigenvalue weighted by molar-refractivity contribution is 14.1. The van der Waals surface area contributed by atoms with Gasteiger partial charge in [-0.15, -0.1) is 0 Å². The smallest absolute Gasteiger partial charge is 0.0584 e. The molecule has 2 N–H and O–H groups in total. The Kier molecular flexibility index (Phi) is 5.56. The fraction of sp³-hybridized carbons (Fsp3) is 0.500. The molecule has 1 aromatic carbocycles. The van der Waals surface area contributed by atoms with Crippen LogP contribution in [-0.4, -0.2) is 17.8 Å². The maximum Gasteiger partial charge on any atom is 0.0584 e. The third-order valence-electron chi connectivity index (χ3n) is 2.57. The van der Waals surface area contributed by atoms with Crippen LogP contribution < -0.4 is 5.32 Å². The van der Waals surface area contributed by atoms with Crippen LogP contribution in [-0.2, 0) is 0 Å². The van der Waals surface area contributed by atoms with Gasteiger partial charge in [-0.1, -0.05) is 19.1 Å². The van der Waals surface area contributed by atoms with E-state index in [0.717, 1.165) is 6.42 Å². The van der Waals surface area contributed by atoms with Crippen molar-refractivity contribution in [3.63, 3.8) is 0 Å². The summed E-state index contributed by atoms with van der Waals surface area (Å²) in [5.41, 5.74) is 1.27. The molecule has 0 saturated carbocycles. The molecule has 0 radical (unpaired) electrons. The van der Waals surface area contributed by atoms with Crippen molar-refractivity contribution in [2.24, 2.45) is 0 Å². The number of nitrogens with one attached hydrogen (secondary N) is 1. The van der Waals surface area contributed by atoms with Crippen molar-refractivity contribution >= 4 is 22.6 Å². The first-order chi connectivity index (χ1) is 7.17. The van der Waals surface area contributed by atoms with E-state index in [1.54, 1.807) is 0 Å². The van der Waals surface area contributed by atoms with E-state index in [2.05, 4.69) is 66.0 Å². The maximum absolute atomic E-state index is 9.10. The van der Waals surface area contributed by atoms with Gasteiger partial charge in [-0.05, 0) is 53.6 Å². The van der Waals surface area contributed by atoms with Crippen LogP contribution in [0.5, 0.6) is 0 Å². The van der Waals surface area contributed by atoms with E-state index in [0.29, 0.717) is 6.04 Å². The lowest BCUT2D eigenvalue weighted by atomic mass is 10.1. The zero-order chi connectivity index (χ0) is 11.3. The SMILES string of the molecule is CC[C@@H](CO)NC(C)c1ccc(I)cc1. The Morgan fingerprint density at radius 2 is 1.93 bits per heavy atom. The molecule has 0 aliphatic rings. The number of hydrogen-bond acceptors (Lipinski definition) is 2. The lowest BCUT2D eigenvalue weighted by Gasteiger charge is -2.20. The standard InChI is InChI=1S/C12H18INO/c1-3-12(8-15)14-9(2)10-4-6-11(13)7-5-10/h4-7,9,12,14-15H,3,8H2,1-2H3/t9?,12-/m0/s1. The van der Waals surface area contributed by atoms with Gasteiger partial charge in [-0.25, -0.2) is 0 Å². The molecule has 2 nitrogen and oxygen atoms in total. The maximum atomic E-state index is 9.10. The number of halogens is 1. The molecule has 0 spiro atoms. The van der Waals surface area contributed by atoms with Crippen molar-refractivity contribution in [1.29, 1.82) is 0 Å². The van der Waals surface area contributed by atoms with E-state index in [1.165, 1.54) is 9.13 Å². The van der Waals surface area contributed by atoms with E-state index in [-0.39, 0.29) is 12.6 Å². The first-order valence-corrected chi connectivity index (χ1v) is 6.37. The van der Waals surface area contributed by atoms with Gasteiger partial charge in [0.1, 0.15) is 0 Å². The lowest BCUT2D eigenvalue weighted by Crippen LogP contribution is -2.33. The molecule has 0 amide bonds. The number of benzene rings is 1. The second kappa shape index (κ2) is 6.45. The van der Waals surface area contributed by atoms with Crippen LogP contribution in [0.3, 0.4) is 0 Å². The van der Waals surface area contributed by atoms with Gasteiger partial charge < -0.3 is 10.4 Å². The van der Waals surface area contributed by atoms with Crippen molar-refractivity contribution in [2.75, 3.05) is 6.61 Å². The van der Waals surface area contributed by atoms with E-state index < -0.39 is 0 Å². The van der Waals surface area contributed by atoms with Crippen LogP contribution in [0.15, 0.2) is 24.3 Å². The van der Waals surface area contributed by atoms with Gasteiger partial charge in [-0.2, -0.15) is 0 Å². The Morgan fingerprint density at radius 3 is 2.40 bits per heavy atom. The van der Waals surface area contributed by atoms with Crippen molar-refractivity contribution in [3.05, 3.63) is 33.4 Å². The summed E-state index contributed by atoms with van der Waals surface area (Å²) in [4.78, 5) is 0. The molecule has 0 aromatic heterocycles. The molecule has 0 fully saturated rings. The van der Waals surface area contributed by atoms with Gasteiger partial charge >= 0.3 is 0 Å². The summed E-state index contributed by atoms with van der Waals surface area (Å²) < 4.78 is 1.25. The lowest BCUT2D eigenvalue weighted by molar-refractivity contribution is 0.230. The summed E-state index contributed by atoms with van der Waals surface area (Å²) in [7, 11) is 0. The minimum Gasteiger partial charge on any atom is -0.395 e. The number of aliphatic hydroxyl groups is 1. The fourth-order valence-electron chi connectivity index (χ4n) is 1.50. The highest BCUT2D eigenvalue weighted by Crippen LogP contribution is 2.15. The molecule has 2 atom stereocenters. The minimum absolute atomic E-state index is 0.194. The van der Waals surface area contributed by atoms with Crippen molar-refractivity contribution in [1.82, 2.24) is 5.32 Å². The third kappa shape index (κ3) is 4.09. The van der Waals surface area contributed by atoms with Gasteiger partial charge in [0.15, 0.2) is 0 Å². The molecule has 84 valence electrons. The zero-order valence-corrected chi connectivity index (χ0v) is 11.4. The monoisotopic (exact) mass is 319 g/mol. The molecule has 0 bridgehead atoms. The molecule has 0 aliphatic heterocycles. The van der Waals surface area contributed by atoms with Crippen LogP contribution in [0.2, 0.25) is 0 Å². The van der Waals surface area contributed by atoms with Crippen molar-refractivity contribution < 1.29 is 5.11 Å². The van der Waals surface area contributed by atoms with Crippen LogP contribution in [0.4, 0.5) is 0 Å². The highest BCUT2D eigenvalue weighted by Gasteiger charge is 2.10. The molecule has 0 heterocycles. The Morgan fingerprint density at radius 1 is 1.33 bits per heavy atom. The summed E-state index contributed by atoms with van der Waals surface area (Å²) in [6.07, 6.45) is 0.950. The summed E-state index contributed by atoms with van der Waals surface area (Å²) in [6, 6.07) is 8.95. The first kappa shape index (κ1) is 12.9. The third-order valence-corrected chi connectivity index (χ3v) is 3.29. The van der Waals surface area contributed by atoms with E-state index >= 15 is 0 Å². The van der Waals surface area contributed by atoms with Gasteiger partial charge in [0.05, 0.1) is 6.61 Å². The molecule has 0 aliphatic carbocycles. The molecule has 3 heteroatoms. The highest BCUT2D eigenvalue weighted by atomic mass is 127. The second-order valence-corrected chi connectivity index (χ2v) is 4.97. The largest absolute Gasteiger partial charge is 0.395 e. The molecule has 1 rings (SSSR count). The summed E-state index contributed by atoms with van der Waals surface area (Å²) >= 11 is 2.30. The Balaban J connectivity index is 2.60. The van der Waals surface area contributed by atoms with Gasteiger partial charge in [0.25, 0.3) is 0 Å². The van der Waals surface area contributed by atoms with Crippen LogP contribution in [0.25, 0.3) is 0 Å². The zero-order valence-electron chi connectivity index (χ0n) is 9.20. The van der Waals surface area contributed by atoms with Crippen LogP contribution >= 0.6 is 22.6 Å². The van der Waals surface area contributed by atoms with Crippen LogP contribution in [0.1, 0.15) is 31.9 Å². The van der Waals surface area contributed by atoms with Crippen molar-refractivity contribution in [2.45, 2.75) is 32.4 Å². The molecule has 1 aromatic rings. The number of hydrogen-bond donors (Lipinski definition) is 2. The summed E-state index contributed by atoms with van der Waals surface area (Å²) in [5, 5.41) is 12.5. The van der Waals surface area contributed by atoms with E-state index in [1.807, 2.05) is 0 Å². The number of aliphatic hydroxyl groups excluding tert-OH is 1. The average Bonchev–Trinajstić information content (AvgIpc) is 2.26. The summed E-state index contributed by atoms with van der Waals surface area (Å²) in [5.74, 6) is 0. The van der Waals surface area contributed by atoms with Crippen molar-refractivity contribution in [3.8, 4) is 0 Å². The van der Waals surface area contributed by atoms with Gasteiger partial charge in [0.2, 0.25) is 0 Å². The molecule has 15 heavy (non-hydrogen) atoms. The first-order valence-electron chi connectivity index (χ1n) is 5.29. The minimum atomic E-state index is 0.194. The Bertz CT molecular complexity index is 282. The molecule has 0 saturated heterocycles. The predicted octanol–water partition coefficient (Wildman–Crippen LogP) is 2.71. The predicted molar refractivity (Wildman–Crippen MR) is 71.9 cm³/mol. The molecular formula is C12H18INO.